The average molecular weight is 925 g/mol. The lowest BCUT2D eigenvalue weighted by Crippen LogP contribution is -2.56. The third kappa shape index (κ3) is 9.46. The Morgan fingerprint density at radius 2 is 1.63 bits per heavy atom. The summed E-state index contributed by atoms with van der Waals surface area (Å²) in [6.07, 6.45) is -0.446. The van der Waals surface area contributed by atoms with E-state index in [0.717, 1.165) is 43.5 Å². The number of carbonyl (C=O) groups excluding carboxylic acids is 2. The maximum absolute atomic E-state index is 14.5. The van der Waals surface area contributed by atoms with Crippen LogP contribution in [0.15, 0.2) is 107 Å². The number of nitrogens with one attached hydrogen (secondary N) is 1. The lowest BCUT2D eigenvalue weighted by atomic mass is 9.93. The third-order valence-electron chi connectivity index (χ3n) is 10.8. The minimum atomic E-state index is -4.35. The summed E-state index contributed by atoms with van der Waals surface area (Å²) in [6, 6.07) is 30.6. The number of esters is 1. The number of fused-ring (bicyclic) bond motifs is 2. The van der Waals surface area contributed by atoms with Crippen molar-refractivity contribution in [1.82, 2.24) is 14.6 Å². The van der Waals surface area contributed by atoms with Crippen molar-refractivity contribution in [3.05, 3.63) is 152 Å². The number of rotatable bonds is 12. The van der Waals surface area contributed by atoms with Crippen LogP contribution in [0.3, 0.4) is 0 Å². The van der Waals surface area contributed by atoms with E-state index in [0.29, 0.717) is 50.6 Å². The van der Waals surface area contributed by atoms with Gasteiger partial charge in [0.1, 0.15) is 31.0 Å². The molecule has 0 radical (unpaired) electrons. The van der Waals surface area contributed by atoms with Crippen molar-refractivity contribution in [2.75, 3.05) is 19.5 Å². The van der Waals surface area contributed by atoms with Crippen LogP contribution in [-0.2, 0) is 50.3 Å². The Kier molecular flexibility index (Phi) is 12.6. The van der Waals surface area contributed by atoms with Gasteiger partial charge in [-0.25, -0.2) is 18.2 Å². The number of hydrogen-bond donors (Lipinski definition) is 2. The predicted octanol–water partition coefficient (Wildman–Crippen LogP) is 7.99. The zero-order valence-corrected chi connectivity index (χ0v) is 37.0. The second kappa shape index (κ2) is 18.3. The summed E-state index contributed by atoms with van der Waals surface area (Å²) in [5.41, 5.74) is 12.2. The SMILES string of the molecule is COC(=O)[C@H](Cc1ccc(-c2ccc(C#N)cc2)cc1)NC(=O)[C@@H]1Cc2cc3c(cc2CN1S(=O)(=O)c1sc(N)nc1C)O[C@H](c1ccc(OCc2ccc(Cl)c(Cl)c2)cc1)CO3. The number of nitrogen functional groups attached to an aromatic ring is 1. The maximum atomic E-state index is 14.5. The highest BCUT2D eigenvalue weighted by Crippen LogP contribution is 2.42. The van der Waals surface area contributed by atoms with E-state index in [-0.39, 0.29) is 41.0 Å². The van der Waals surface area contributed by atoms with Crippen LogP contribution < -0.4 is 25.3 Å². The molecule has 13 nitrogen and oxygen atoms in total. The van der Waals surface area contributed by atoms with Gasteiger partial charge in [0.2, 0.25) is 5.91 Å². The van der Waals surface area contributed by atoms with Gasteiger partial charge in [-0.2, -0.15) is 9.57 Å². The number of thiazole rings is 1. The summed E-state index contributed by atoms with van der Waals surface area (Å²) < 4.78 is 53.7. The van der Waals surface area contributed by atoms with Crippen LogP contribution in [0.4, 0.5) is 5.13 Å². The second-order valence-corrected chi connectivity index (χ2v) is 18.9. The second-order valence-electron chi connectivity index (χ2n) is 15.0. The number of nitriles is 1. The van der Waals surface area contributed by atoms with E-state index in [1.54, 1.807) is 43.3 Å². The van der Waals surface area contributed by atoms with Crippen molar-refractivity contribution in [3.8, 4) is 34.4 Å². The van der Waals surface area contributed by atoms with Crippen molar-refractivity contribution < 1.29 is 37.0 Å². The van der Waals surface area contributed by atoms with Crippen molar-refractivity contribution in [3.63, 3.8) is 0 Å². The van der Waals surface area contributed by atoms with Gasteiger partial charge in [-0.15, -0.1) is 0 Å². The molecule has 0 bridgehead atoms. The van der Waals surface area contributed by atoms with Crippen LogP contribution in [-0.4, -0.2) is 55.4 Å². The Labute approximate surface area is 377 Å². The highest BCUT2D eigenvalue weighted by Gasteiger charge is 2.43. The Hall–Kier alpha value is -6.15. The Morgan fingerprint density at radius 3 is 2.29 bits per heavy atom. The van der Waals surface area contributed by atoms with Gasteiger partial charge in [0, 0.05) is 13.0 Å². The molecule has 0 saturated carbocycles. The van der Waals surface area contributed by atoms with Gasteiger partial charge in [-0.05, 0) is 101 Å². The fourth-order valence-electron chi connectivity index (χ4n) is 7.50. The number of carbonyl (C=O) groups is 2. The number of nitrogens with two attached hydrogens (primary N) is 1. The average Bonchev–Trinajstić information content (AvgIpc) is 3.65. The molecule has 2 aliphatic heterocycles. The van der Waals surface area contributed by atoms with Crippen LogP contribution >= 0.6 is 34.5 Å². The molecule has 322 valence electrons. The Bertz CT molecular complexity index is 2850. The van der Waals surface area contributed by atoms with Gasteiger partial charge in [-0.1, -0.05) is 89.1 Å². The number of methoxy groups -OCH3 is 1. The normalized spacial score (nSPS) is 16.3. The number of nitrogens with zero attached hydrogens (tertiary/aromatic N) is 3. The minimum Gasteiger partial charge on any atom is -0.489 e. The number of aromatic nitrogens is 1. The van der Waals surface area contributed by atoms with Crippen molar-refractivity contribution >= 4 is 61.6 Å². The molecule has 3 atom stereocenters. The van der Waals surface area contributed by atoms with Gasteiger partial charge in [0.05, 0.1) is 34.5 Å². The molecule has 17 heteroatoms. The van der Waals surface area contributed by atoms with Gasteiger partial charge in [0.15, 0.2) is 26.9 Å². The molecular weight excluding hydrogens is 886 g/mol. The first-order valence-corrected chi connectivity index (χ1v) is 22.6. The van der Waals surface area contributed by atoms with E-state index in [1.807, 2.05) is 66.7 Å². The van der Waals surface area contributed by atoms with Gasteiger partial charge in [0.25, 0.3) is 10.0 Å². The van der Waals surface area contributed by atoms with Crippen LogP contribution in [0, 0.1) is 18.3 Å². The van der Waals surface area contributed by atoms with Crippen molar-refractivity contribution in [2.24, 2.45) is 0 Å². The summed E-state index contributed by atoms with van der Waals surface area (Å²) in [4.78, 5) is 31.7. The summed E-state index contributed by atoms with van der Waals surface area (Å²) in [7, 11) is -3.13. The summed E-state index contributed by atoms with van der Waals surface area (Å²) in [5.74, 6) is 0.116. The van der Waals surface area contributed by atoms with Crippen molar-refractivity contribution in [1.29, 1.82) is 5.26 Å². The first-order chi connectivity index (χ1) is 30.3. The molecule has 1 amide bonds. The monoisotopic (exact) mass is 923 g/mol. The molecule has 0 spiro atoms. The minimum absolute atomic E-state index is 0.0370. The molecule has 1 aromatic heterocycles. The first-order valence-electron chi connectivity index (χ1n) is 19.6. The predicted molar refractivity (Wildman–Crippen MR) is 238 cm³/mol. The summed E-state index contributed by atoms with van der Waals surface area (Å²) in [5, 5.41) is 12.9. The first kappa shape index (κ1) is 43.5. The molecule has 63 heavy (non-hydrogen) atoms. The molecule has 0 saturated heterocycles. The topological polar surface area (TPSA) is 183 Å². The number of aryl methyl sites for hydroxylation is 1. The standard InChI is InChI=1S/C46H39Cl2N5O8S2/c1-26-45(62-46(50)51-26)63(56,57)53-23-34-21-41-40(60-25-42(61-41)32-12-14-35(15-13-32)59-24-29-7-16-36(47)37(48)17-29)20-33(34)19-39(53)43(54)52-38(44(55)58-2)18-27-3-8-30(9-4-27)31-10-5-28(22-49)6-11-31/h3-17,20-21,38-39,42H,18-19,23-25H2,1-2H3,(H2,50,51)(H,52,54)/t38-,39-,42-/m0/s1. The van der Waals surface area contributed by atoms with Crippen LogP contribution in [0.5, 0.6) is 17.2 Å². The third-order valence-corrected chi connectivity index (χ3v) is 15.0. The number of anilines is 1. The molecule has 5 aromatic carbocycles. The number of ether oxygens (including phenoxy) is 4. The zero-order chi connectivity index (χ0) is 44.4. The Morgan fingerprint density at radius 1 is 0.952 bits per heavy atom. The van der Waals surface area contributed by atoms with E-state index < -0.39 is 40.1 Å². The van der Waals surface area contributed by atoms with E-state index in [1.165, 1.54) is 7.11 Å². The number of benzene rings is 5. The molecule has 0 fully saturated rings. The zero-order valence-electron chi connectivity index (χ0n) is 33.8. The fourth-order valence-corrected chi connectivity index (χ4v) is 10.8. The molecule has 0 aliphatic carbocycles. The quantitative estimate of drug-likeness (QED) is 0.114. The largest absolute Gasteiger partial charge is 0.489 e. The fraction of sp³-hybridized carbons (Fsp3) is 0.217. The van der Waals surface area contributed by atoms with Crippen LogP contribution in [0.2, 0.25) is 10.0 Å². The smallest absolute Gasteiger partial charge is 0.328 e. The highest BCUT2D eigenvalue weighted by atomic mass is 35.5. The lowest BCUT2D eigenvalue weighted by molar-refractivity contribution is -0.145. The van der Waals surface area contributed by atoms with Gasteiger partial charge >= 0.3 is 5.97 Å². The molecule has 3 heterocycles. The highest BCUT2D eigenvalue weighted by molar-refractivity contribution is 7.91. The van der Waals surface area contributed by atoms with Crippen LogP contribution in [0.25, 0.3) is 11.1 Å². The van der Waals surface area contributed by atoms with E-state index in [4.69, 9.17) is 53.1 Å². The summed E-state index contributed by atoms with van der Waals surface area (Å²) >= 11 is 13.0. The molecule has 0 unspecified atom stereocenters. The summed E-state index contributed by atoms with van der Waals surface area (Å²) in [6.45, 7) is 1.84. The lowest BCUT2D eigenvalue weighted by Gasteiger charge is -2.36. The number of halogens is 2. The van der Waals surface area contributed by atoms with Gasteiger partial charge in [-0.3, -0.25) is 4.79 Å². The molecule has 6 aromatic rings. The van der Waals surface area contributed by atoms with E-state index in [2.05, 4.69) is 16.4 Å². The van der Waals surface area contributed by atoms with E-state index in [9.17, 15) is 18.0 Å². The van der Waals surface area contributed by atoms with Crippen LogP contribution in [0.1, 0.15) is 45.2 Å². The molecule has 3 N–H and O–H groups in total. The molecule has 8 rings (SSSR count). The maximum Gasteiger partial charge on any atom is 0.328 e. The number of sulfonamides is 1. The van der Waals surface area contributed by atoms with Crippen molar-refractivity contribution in [2.45, 2.75) is 55.3 Å². The Balaban J connectivity index is 1.02. The molecular formula is C46H39Cl2N5O8S2. The number of amides is 1. The number of hydrogen-bond acceptors (Lipinski definition) is 12. The van der Waals surface area contributed by atoms with Gasteiger partial charge < -0.3 is 30.0 Å². The molecule has 2 aliphatic rings. The van der Waals surface area contributed by atoms with E-state index >= 15 is 0 Å².